The number of rotatable bonds is 6. The molecule has 10 heteroatoms. The highest BCUT2D eigenvalue weighted by atomic mass is 16.5. The zero-order valence-electron chi connectivity index (χ0n) is 21.8. The van der Waals surface area contributed by atoms with E-state index in [-0.39, 0.29) is 23.7 Å². The molecule has 5 heterocycles. The van der Waals surface area contributed by atoms with Crippen molar-refractivity contribution in [2.24, 2.45) is 17.8 Å². The fourth-order valence-electron chi connectivity index (χ4n) is 6.20. The van der Waals surface area contributed by atoms with Gasteiger partial charge in [-0.05, 0) is 55.9 Å². The lowest BCUT2D eigenvalue weighted by Gasteiger charge is -2.23. The Morgan fingerprint density at radius 3 is 2.31 bits per heavy atom. The number of hydrogen-bond donors (Lipinski definition) is 1. The number of nitrogens with one attached hydrogen (secondary N) is 1. The summed E-state index contributed by atoms with van der Waals surface area (Å²) in [6, 6.07) is 8.76. The predicted octanol–water partition coefficient (Wildman–Crippen LogP) is 3.04. The fourth-order valence-corrected chi connectivity index (χ4v) is 6.20. The highest BCUT2D eigenvalue weighted by Gasteiger charge is 2.43. The summed E-state index contributed by atoms with van der Waals surface area (Å²) in [5, 5.41) is 0. The van der Waals surface area contributed by atoms with Crippen LogP contribution >= 0.6 is 0 Å². The van der Waals surface area contributed by atoms with Crippen LogP contribution in [0.3, 0.4) is 0 Å². The predicted molar refractivity (Wildman–Crippen MR) is 141 cm³/mol. The Kier molecular flexibility index (Phi) is 6.14. The second-order valence-corrected chi connectivity index (χ2v) is 11.4. The SMILES string of the molecule is O=C(c1cc(OCC2CCOCC2)nc(C2CC2)c1)N1C[C@H]2CN(C(=O)c3ccc4[nH]c(=O)oc4c3)C[C@@H]2C1. The number of H-pyrrole nitrogens is 1. The van der Waals surface area contributed by atoms with Gasteiger partial charge in [0.1, 0.15) is 0 Å². The smallest absolute Gasteiger partial charge is 0.417 e. The summed E-state index contributed by atoms with van der Waals surface area (Å²) >= 11 is 0. The first kappa shape index (κ1) is 24.4. The van der Waals surface area contributed by atoms with Crippen molar-refractivity contribution in [3.8, 4) is 5.88 Å². The lowest BCUT2D eigenvalue weighted by atomic mass is 10.0. The Morgan fingerprint density at radius 1 is 0.923 bits per heavy atom. The second kappa shape index (κ2) is 9.82. The summed E-state index contributed by atoms with van der Waals surface area (Å²) < 4.78 is 16.7. The van der Waals surface area contributed by atoms with Crippen LogP contribution in [0.1, 0.15) is 58.0 Å². The zero-order chi connectivity index (χ0) is 26.5. The molecule has 1 aliphatic carbocycles. The summed E-state index contributed by atoms with van der Waals surface area (Å²) in [7, 11) is 0. The van der Waals surface area contributed by atoms with Crippen molar-refractivity contribution in [1.29, 1.82) is 0 Å². The van der Waals surface area contributed by atoms with Crippen molar-refractivity contribution in [3.63, 3.8) is 0 Å². The first-order valence-corrected chi connectivity index (χ1v) is 13.9. The van der Waals surface area contributed by atoms with Crippen molar-refractivity contribution in [1.82, 2.24) is 19.8 Å². The van der Waals surface area contributed by atoms with Gasteiger partial charge in [0, 0.05) is 80.0 Å². The van der Waals surface area contributed by atoms with Gasteiger partial charge in [-0.15, -0.1) is 0 Å². The Balaban J connectivity index is 1.01. The number of nitrogens with zero attached hydrogens (tertiary/aromatic N) is 3. The number of oxazole rings is 1. The summed E-state index contributed by atoms with van der Waals surface area (Å²) in [6.07, 6.45) is 4.18. The lowest BCUT2D eigenvalue weighted by molar-refractivity contribution is 0.0490. The number of benzene rings is 1. The maximum Gasteiger partial charge on any atom is 0.417 e. The van der Waals surface area contributed by atoms with E-state index in [1.54, 1.807) is 24.3 Å². The molecule has 39 heavy (non-hydrogen) atoms. The molecule has 204 valence electrons. The fraction of sp³-hybridized carbons (Fsp3) is 0.517. The van der Waals surface area contributed by atoms with Crippen LogP contribution in [-0.4, -0.2) is 77.6 Å². The van der Waals surface area contributed by atoms with Crippen LogP contribution in [0.2, 0.25) is 0 Å². The van der Waals surface area contributed by atoms with Crippen LogP contribution in [0, 0.1) is 17.8 Å². The van der Waals surface area contributed by atoms with Gasteiger partial charge in [0.05, 0.1) is 12.1 Å². The zero-order valence-corrected chi connectivity index (χ0v) is 21.8. The molecule has 4 fully saturated rings. The second-order valence-electron chi connectivity index (χ2n) is 11.4. The van der Waals surface area contributed by atoms with Crippen molar-refractivity contribution in [2.45, 2.75) is 31.6 Å². The molecule has 0 radical (unpaired) electrons. The van der Waals surface area contributed by atoms with Crippen molar-refractivity contribution in [3.05, 3.63) is 57.7 Å². The molecular weight excluding hydrogens is 500 g/mol. The first-order chi connectivity index (χ1) is 19.0. The maximum atomic E-state index is 13.6. The summed E-state index contributed by atoms with van der Waals surface area (Å²) in [5.74, 6) is 1.28. The van der Waals surface area contributed by atoms with Crippen molar-refractivity contribution >= 4 is 22.9 Å². The molecule has 1 saturated carbocycles. The van der Waals surface area contributed by atoms with E-state index in [4.69, 9.17) is 18.9 Å². The highest BCUT2D eigenvalue weighted by Crippen LogP contribution is 2.40. The van der Waals surface area contributed by atoms with Crippen molar-refractivity contribution in [2.75, 3.05) is 46.0 Å². The normalized spacial score (nSPS) is 23.4. The summed E-state index contributed by atoms with van der Waals surface area (Å²) in [5.41, 5.74) is 3.04. The summed E-state index contributed by atoms with van der Waals surface area (Å²) in [6.45, 7) is 4.59. The first-order valence-electron chi connectivity index (χ1n) is 13.9. The van der Waals surface area contributed by atoms with Gasteiger partial charge in [0.25, 0.3) is 11.8 Å². The van der Waals surface area contributed by atoms with Crippen LogP contribution in [0.25, 0.3) is 11.1 Å². The molecule has 3 saturated heterocycles. The van der Waals surface area contributed by atoms with Gasteiger partial charge in [0.15, 0.2) is 5.58 Å². The third-order valence-electron chi connectivity index (χ3n) is 8.60. The number of amides is 2. The van der Waals surface area contributed by atoms with Gasteiger partial charge in [-0.2, -0.15) is 0 Å². The van der Waals surface area contributed by atoms with Gasteiger partial charge in [0.2, 0.25) is 5.88 Å². The van der Waals surface area contributed by atoms with Crippen LogP contribution in [-0.2, 0) is 4.74 Å². The Morgan fingerprint density at radius 2 is 1.62 bits per heavy atom. The molecule has 1 aromatic carbocycles. The van der Waals surface area contributed by atoms with Crippen molar-refractivity contribution < 1.29 is 23.5 Å². The third-order valence-corrected chi connectivity index (χ3v) is 8.60. The molecular formula is C29H32N4O6. The molecule has 0 spiro atoms. The van der Waals surface area contributed by atoms with Gasteiger partial charge in [-0.1, -0.05) is 0 Å². The minimum atomic E-state index is -0.536. The standard InChI is InChI=1S/C29H32N4O6/c34-27(19-3-4-23-25(10-19)39-29(36)31-23)32-12-21-14-33(15-22(21)13-32)28(35)20-9-24(18-1-2-18)30-26(11-20)38-16-17-5-7-37-8-6-17/h3-4,9-11,17-18,21-22H,1-2,5-8,12-16H2,(H,31,36)/t21-,22-/m1/s1. The number of aromatic amines is 1. The Labute approximate surface area is 225 Å². The van der Waals surface area contributed by atoms with E-state index in [0.717, 1.165) is 44.6 Å². The van der Waals surface area contributed by atoms with E-state index < -0.39 is 5.76 Å². The molecule has 7 rings (SSSR count). The highest BCUT2D eigenvalue weighted by molar-refractivity contribution is 5.97. The van der Waals surface area contributed by atoms with Crippen LogP contribution in [0.4, 0.5) is 0 Å². The van der Waals surface area contributed by atoms with Gasteiger partial charge >= 0.3 is 5.76 Å². The molecule has 0 bridgehead atoms. The molecule has 2 aromatic heterocycles. The monoisotopic (exact) mass is 532 g/mol. The largest absolute Gasteiger partial charge is 0.477 e. The number of hydrogen-bond acceptors (Lipinski definition) is 7. The number of carbonyl (C=O) groups excluding carboxylic acids is 2. The molecule has 3 aromatic rings. The van der Waals surface area contributed by atoms with Crippen LogP contribution < -0.4 is 10.5 Å². The molecule has 3 aliphatic heterocycles. The van der Waals surface area contributed by atoms with E-state index >= 15 is 0 Å². The van der Waals surface area contributed by atoms with Gasteiger partial charge in [-0.3, -0.25) is 14.6 Å². The van der Waals surface area contributed by atoms with E-state index in [9.17, 15) is 14.4 Å². The van der Waals surface area contributed by atoms with E-state index in [1.165, 1.54) is 0 Å². The number of carbonyl (C=O) groups is 2. The van der Waals surface area contributed by atoms with Gasteiger partial charge in [-0.25, -0.2) is 9.78 Å². The molecule has 4 aliphatic rings. The quantitative estimate of drug-likeness (QED) is 0.518. The lowest BCUT2D eigenvalue weighted by Crippen LogP contribution is -2.35. The average molecular weight is 533 g/mol. The molecule has 0 unspecified atom stereocenters. The third kappa shape index (κ3) is 4.93. The molecule has 10 nitrogen and oxygen atoms in total. The Hall–Kier alpha value is -3.66. The molecule has 1 N–H and O–H groups in total. The van der Waals surface area contributed by atoms with E-state index in [2.05, 4.69) is 4.98 Å². The minimum absolute atomic E-state index is 0.00966. The molecule has 2 amide bonds. The molecule has 2 atom stereocenters. The van der Waals surface area contributed by atoms with Crippen LogP contribution in [0.5, 0.6) is 5.88 Å². The van der Waals surface area contributed by atoms with Gasteiger partial charge < -0.3 is 23.7 Å². The number of ether oxygens (including phenoxy) is 2. The summed E-state index contributed by atoms with van der Waals surface area (Å²) in [4.78, 5) is 49.3. The number of aromatic nitrogens is 2. The van der Waals surface area contributed by atoms with E-state index in [0.29, 0.717) is 72.7 Å². The topological polar surface area (TPSA) is 118 Å². The number of pyridine rings is 1. The van der Waals surface area contributed by atoms with E-state index in [1.807, 2.05) is 15.9 Å². The maximum absolute atomic E-state index is 13.6. The van der Waals surface area contributed by atoms with Crippen LogP contribution in [0.15, 0.2) is 39.5 Å². The Bertz CT molecular complexity index is 1460. The minimum Gasteiger partial charge on any atom is -0.477 e. The number of fused-ring (bicyclic) bond motifs is 2. The number of likely N-dealkylation sites (tertiary alicyclic amines) is 2. The average Bonchev–Trinajstić information content (AvgIpc) is 3.46.